The number of halogens is 1. The average molecular weight is 632 g/mol. The molecule has 2 amide bonds. The number of aryl methyl sites for hydroxylation is 1. The van der Waals surface area contributed by atoms with Crippen LogP contribution in [0.15, 0.2) is 49.1 Å². The van der Waals surface area contributed by atoms with Gasteiger partial charge in [-0.1, -0.05) is 37.6 Å². The van der Waals surface area contributed by atoms with Gasteiger partial charge in [0, 0.05) is 37.3 Å². The summed E-state index contributed by atoms with van der Waals surface area (Å²) >= 11 is 6.69. The summed E-state index contributed by atoms with van der Waals surface area (Å²) in [6.45, 7) is 7.28. The third-order valence-electron chi connectivity index (χ3n) is 9.60. The summed E-state index contributed by atoms with van der Waals surface area (Å²) in [6.07, 6.45) is 11.7. The first kappa shape index (κ1) is 31.1. The van der Waals surface area contributed by atoms with E-state index in [-0.39, 0.29) is 24.0 Å². The summed E-state index contributed by atoms with van der Waals surface area (Å²) in [7, 11) is 1.92. The van der Waals surface area contributed by atoms with Crippen molar-refractivity contribution in [2.75, 3.05) is 13.1 Å². The number of amides is 2. The maximum absolute atomic E-state index is 13.3. The third-order valence-corrected chi connectivity index (χ3v) is 9.84. The predicted octanol–water partition coefficient (Wildman–Crippen LogP) is 7.51. The van der Waals surface area contributed by atoms with Gasteiger partial charge >= 0.3 is 12.2 Å². The van der Waals surface area contributed by atoms with E-state index in [1.807, 2.05) is 61.7 Å². The molecule has 10 heteroatoms. The zero-order valence-corrected chi connectivity index (χ0v) is 27.2. The molecule has 9 nitrogen and oxygen atoms in total. The lowest BCUT2D eigenvalue weighted by Crippen LogP contribution is -2.41. The van der Waals surface area contributed by atoms with Crippen LogP contribution in [0.3, 0.4) is 0 Å². The van der Waals surface area contributed by atoms with Crippen molar-refractivity contribution in [3.63, 3.8) is 0 Å². The second-order valence-electron chi connectivity index (χ2n) is 12.8. The molecule has 0 radical (unpaired) electrons. The largest absolute Gasteiger partial charge is 0.446 e. The average Bonchev–Trinajstić information content (AvgIpc) is 3.64. The number of benzene rings is 1. The van der Waals surface area contributed by atoms with Crippen LogP contribution in [0.2, 0.25) is 5.02 Å². The normalized spacial score (nSPS) is 19.6. The van der Waals surface area contributed by atoms with Gasteiger partial charge in [-0.2, -0.15) is 0 Å². The zero-order chi connectivity index (χ0) is 31.7. The molecule has 3 aliphatic rings. The van der Waals surface area contributed by atoms with Gasteiger partial charge in [0.15, 0.2) is 0 Å². The predicted molar refractivity (Wildman–Crippen MR) is 174 cm³/mol. The molecule has 238 valence electrons. The molecular weight excluding hydrogens is 590 g/mol. The Labute approximate surface area is 270 Å². The van der Waals surface area contributed by atoms with Crippen molar-refractivity contribution in [3.05, 3.63) is 82.2 Å². The summed E-state index contributed by atoms with van der Waals surface area (Å²) in [5.41, 5.74) is 5.29. The summed E-state index contributed by atoms with van der Waals surface area (Å²) in [5.74, 6) is 0.190. The molecule has 0 bridgehead atoms. The number of ether oxygens (including phenoxy) is 2. The molecule has 2 aliphatic carbocycles. The number of nitrogens with one attached hydrogen (secondary N) is 1. The highest BCUT2D eigenvalue weighted by atomic mass is 35.5. The summed E-state index contributed by atoms with van der Waals surface area (Å²) in [5, 5.41) is 3.78. The minimum absolute atomic E-state index is 0.0380. The number of hydrogen-bond acceptors (Lipinski definition) is 6. The van der Waals surface area contributed by atoms with E-state index >= 15 is 0 Å². The number of imidazole rings is 1. The maximum atomic E-state index is 13.3. The van der Waals surface area contributed by atoms with Gasteiger partial charge in [0.25, 0.3) is 0 Å². The molecule has 1 saturated carbocycles. The van der Waals surface area contributed by atoms with Crippen LogP contribution in [-0.2, 0) is 16.5 Å². The van der Waals surface area contributed by atoms with Crippen LogP contribution in [-0.4, -0.2) is 56.4 Å². The SMILES string of the molecule is CCC(CC)OC(=O)N1CCC(C2c3ccc(Cl)cc3C(C(NC(=O)OC3(C)CC3)c3cncn3C)=Cc3cccnc32)CC1. The number of aromatic nitrogens is 3. The van der Waals surface area contributed by atoms with Gasteiger partial charge in [0.2, 0.25) is 0 Å². The van der Waals surface area contributed by atoms with Gasteiger partial charge in [-0.25, -0.2) is 14.6 Å². The van der Waals surface area contributed by atoms with E-state index in [1.54, 1.807) is 12.5 Å². The lowest BCUT2D eigenvalue weighted by molar-refractivity contribution is 0.0488. The fourth-order valence-corrected chi connectivity index (χ4v) is 6.84. The van der Waals surface area contributed by atoms with E-state index in [4.69, 9.17) is 26.1 Å². The van der Waals surface area contributed by atoms with Crippen molar-refractivity contribution in [2.45, 2.75) is 83.0 Å². The van der Waals surface area contributed by atoms with E-state index in [0.29, 0.717) is 18.1 Å². The quantitative estimate of drug-likeness (QED) is 0.276. The second kappa shape index (κ2) is 12.9. The van der Waals surface area contributed by atoms with Gasteiger partial charge in [0.05, 0.1) is 30.0 Å². The molecule has 0 spiro atoms. The van der Waals surface area contributed by atoms with Crippen LogP contribution in [0.5, 0.6) is 0 Å². The lowest BCUT2D eigenvalue weighted by atomic mass is 9.75. The minimum atomic E-state index is -0.557. The van der Waals surface area contributed by atoms with Crippen molar-refractivity contribution in [1.29, 1.82) is 0 Å². The van der Waals surface area contributed by atoms with Gasteiger partial charge in [0.1, 0.15) is 11.7 Å². The molecule has 2 unspecified atom stereocenters. The van der Waals surface area contributed by atoms with E-state index < -0.39 is 17.7 Å². The molecule has 6 rings (SSSR count). The van der Waals surface area contributed by atoms with Crippen LogP contribution in [0.4, 0.5) is 9.59 Å². The topological polar surface area (TPSA) is 98.6 Å². The number of hydrogen-bond donors (Lipinski definition) is 1. The van der Waals surface area contributed by atoms with Gasteiger partial charge in [-0.3, -0.25) is 4.98 Å². The molecule has 1 saturated heterocycles. The van der Waals surface area contributed by atoms with E-state index in [9.17, 15) is 9.59 Å². The van der Waals surface area contributed by atoms with Crippen molar-refractivity contribution < 1.29 is 19.1 Å². The number of likely N-dealkylation sites (tertiary alicyclic amines) is 1. The molecular formula is C35H42ClN5O4. The zero-order valence-electron chi connectivity index (χ0n) is 26.5. The Morgan fingerprint density at radius 2 is 1.91 bits per heavy atom. The number of fused-ring (bicyclic) bond motifs is 2. The number of alkyl carbamates (subject to hydrolysis) is 1. The van der Waals surface area contributed by atoms with Crippen LogP contribution >= 0.6 is 11.6 Å². The second-order valence-corrected chi connectivity index (χ2v) is 13.2. The molecule has 1 aliphatic heterocycles. The van der Waals surface area contributed by atoms with Gasteiger partial charge in [-0.15, -0.1) is 0 Å². The molecule has 2 fully saturated rings. The number of carbonyl (C=O) groups is 2. The monoisotopic (exact) mass is 631 g/mol. The highest BCUT2D eigenvalue weighted by molar-refractivity contribution is 6.30. The van der Waals surface area contributed by atoms with Crippen LogP contribution < -0.4 is 5.32 Å². The first-order valence-corrected chi connectivity index (χ1v) is 16.4. The lowest BCUT2D eigenvalue weighted by Gasteiger charge is -2.37. The third kappa shape index (κ3) is 6.59. The van der Waals surface area contributed by atoms with Gasteiger partial charge < -0.3 is 24.3 Å². The molecule has 45 heavy (non-hydrogen) atoms. The molecule has 2 atom stereocenters. The number of rotatable bonds is 8. The number of pyridine rings is 1. The highest BCUT2D eigenvalue weighted by Gasteiger charge is 2.43. The Morgan fingerprint density at radius 1 is 1.16 bits per heavy atom. The Balaban J connectivity index is 1.37. The fourth-order valence-electron chi connectivity index (χ4n) is 6.66. The minimum Gasteiger partial charge on any atom is -0.446 e. The van der Waals surface area contributed by atoms with E-state index in [0.717, 1.165) is 72.2 Å². The molecule has 1 N–H and O–H groups in total. The standard InChI is InChI=1S/C35H42ClN5O4/c1-5-25(6-2)44-34(43)41-16-11-22(12-17-41)30-26-10-9-24(36)19-27(26)28(18-23-8-7-15-38-31(23)30)32(29-20-37-21-40(29)4)39-33(42)45-35(3)13-14-35/h7-10,15,18-22,25,30,32H,5-6,11-14,16-17H2,1-4H3,(H,39,42). The summed E-state index contributed by atoms with van der Waals surface area (Å²) in [4.78, 5) is 37.4. The van der Waals surface area contributed by atoms with Crippen molar-refractivity contribution >= 4 is 35.4 Å². The maximum Gasteiger partial charge on any atom is 0.410 e. The fraction of sp³-hybridized carbons (Fsp3) is 0.486. The smallest absolute Gasteiger partial charge is 0.410 e. The summed E-state index contributed by atoms with van der Waals surface area (Å²) < 4.78 is 13.5. The van der Waals surface area contributed by atoms with E-state index in [2.05, 4.69) is 28.5 Å². The van der Waals surface area contributed by atoms with Crippen LogP contribution in [0.25, 0.3) is 11.6 Å². The first-order valence-electron chi connectivity index (χ1n) is 16.1. The highest BCUT2D eigenvalue weighted by Crippen LogP contribution is 2.48. The Bertz CT molecular complexity index is 1590. The number of carbonyl (C=O) groups excluding carboxylic acids is 2. The van der Waals surface area contributed by atoms with Gasteiger partial charge in [-0.05, 0) is 97.9 Å². The molecule has 2 aromatic heterocycles. The van der Waals surface area contributed by atoms with Crippen molar-refractivity contribution in [3.8, 4) is 0 Å². The van der Waals surface area contributed by atoms with Crippen LogP contribution in [0, 0.1) is 5.92 Å². The Morgan fingerprint density at radius 3 is 2.58 bits per heavy atom. The first-order chi connectivity index (χ1) is 21.7. The number of nitrogens with zero attached hydrogens (tertiary/aromatic N) is 4. The van der Waals surface area contributed by atoms with Crippen molar-refractivity contribution in [2.24, 2.45) is 13.0 Å². The van der Waals surface area contributed by atoms with Crippen molar-refractivity contribution in [1.82, 2.24) is 24.8 Å². The molecule has 3 heterocycles. The molecule has 3 aromatic rings. The number of piperidine rings is 1. The van der Waals surface area contributed by atoms with Crippen LogP contribution in [0.1, 0.15) is 99.3 Å². The van der Waals surface area contributed by atoms with E-state index in [1.165, 1.54) is 0 Å². The Kier molecular flexibility index (Phi) is 8.91. The molecule has 1 aromatic carbocycles. The summed E-state index contributed by atoms with van der Waals surface area (Å²) in [6, 6.07) is 9.47. The Hall–Kier alpha value is -3.85.